The van der Waals surface area contributed by atoms with Crippen molar-refractivity contribution >= 4 is 5.69 Å². The molecule has 0 aromatic carbocycles. The minimum absolute atomic E-state index is 0.623. The van der Waals surface area contributed by atoms with E-state index in [4.69, 9.17) is 0 Å². The van der Waals surface area contributed by atoms with Crippen LogP contribution < -0.4 is 5.32 Å². The van der Waals surface area contributed by atoms with Gasteiger partial charge in [0.15, 0.2) is 0 Å². The van der Waals surface area contributed by atoms with Crippen molar-refractivity contribution in [1.29, 1.82) is 0 Å². The molecular formula is C11H19N3. The number of pyridine rings is 1. The zero-order chi connectivity index (χ0) is 10.4. The molecule has 2 heterocycles. The van der Waals surface area contributed by atoms with Crippen molar-refractivity contribution in [1.82, 2.24) is 9.88 Å². The molecule has 78 valence electrons. The first kappa shape index (κ1) is 11.0. The molecule has 3 nitrogen and oxygen atoms in total. The summed E-state index contributed by atoms with van der Waals surface area (Å²) in [5.41, 5.74) is 1.17. The molecule has 1 aliphatic rings. The van der Waals surface area contributed by atoms with E-state index in [1.807, 2.05) is 38.4 Å². The molecule has 1 saturated heterocycles. The molecule has 1 aliphatic heterocycles. The first-order valence-corrected chi connectivity index (χ1v) is 5.20. The third-order valence-corrected chi connectivity index (χ3v) is 2.12. The molecule has 0 unspecified atom stereocenters. The monoisotopic (exact) mass is 193 g/mol. The Balaban J connectivity index is 0.000000461. The molecule has 3 heteroatoms. The van der Waals surface area contributed by atoms with Crippen LogP contribution in [0.3, 0.4) is 0 Å². The van der Waals surface area contributed by atoms with Gasteiger partial charge in [-0.25, -0.2) is 0 Å². The largest absolute Gasteiger partial charge is 0.380 e. The van der Waals surface area contributed by atoms with Gasteiger partial charge in [0, 0.05) is 31.2 Å². The molecular weight excluding hydrogens is 174 g/mol. The number of likely N-dealkylation sites (N-methyl/N-ethyl adjacent to an activating group) is 1. The third kappa shape index (κ3) is 3.00. The number of nitrogens with one attached hydrogen (secondary N) is 1. The Hall–Kier alpha value is -1.09. The van der Waals surface area contributed by atoms with E-state index < -0.39 is 0 Å². The van der Waals surface area contributed by atoms with E-state index in [9.17, 15) is 0 Å². The van der Waals surface area contributed by atoms with Crippen LogP contribution in [0, 0.1) is 0 Å². The van der Waals surface area contributed by atoms with Crippen molar-refractivity contribution in [3.05, 3.63) is 24.5 Å². The van der Waals surface area contributed by atoms with Gasteiger partial charge in [0.05, 0.1) is 6.04 Å². The zero-order valence-corrected chi connectivity index (χ0v) is 9.20. The fraction of sp³-hybridized carbons (Fsp3) is 0.545. The van der Waals surface area contributed by atoms with Crippen molar-refractivity contribution < 1.29 is 0 Å². The number of nitrogens with zero attached hydrogens (tertiary/aromatic N) is 2. The zero-order valence-electron chi connectivity index (χ0n) is 9.20. The van der Waals surface area contributed by atoms with Gasteiger partial charge in [-0.15, -0.1) is 0 Å². The van der Waals surface area contributed by atoms with Gasteiger partial charge in [-0.3, -0.25) is 4.98 Å². The third-order valence-electron chi connectivity index (χ3n) is 2.12. The quantitative estimate of drug-likeness (QED) is 0.776. The van der Waals surface area contributed by atoms with Gasteiger partial charge in [0.25, 0.3) is 0 Å². The number of likely N-dealkylation sites (tertiary alicyclic amines) is 1. The maximum atomic E-state index is 3.96. The number of rotatable bonds is 2. The minimum atomic E-state index is 0.623. The van der Waals surface area contributed by atoms with E-state index in [0.717, 1.165) is 13.1 Å². The summed E-state index contributed by atoms with van der Waals surface area (Å²) in [4.78, 5) is 6.25. The normalized spacial score (nSPS) is 16.5. The second kappa shape index (κ2) is 5.60. The maximum absolute atomic E-state index is 3.96. The summed E-state index contributed by atoms with van der Waals surface area (Å²) in [5, 5.41) is 3.43. The Morgan fingerprint density at radius 3 is 2.36 bits per heavy atom. The van der Waals surface area contributed by atoms with Gasteiger partial charge < -0.3 is 10.2 Å². The van der Waals surface area contributed by atoms with Crippen LogP contribution >= 0.6 is 0 Å². The molecule has 1 fully saturated rings. The Kier molecular flexibility index (Phi) is 4.40. The first-order valence-electron chi connectivity index (χ1n) is 5.20. The van der Waals surface area contributed by atoms with E-state index >= 15 is 0 Å². The summed E-state index contributed by atoms with van der Waals surface area (Å²) < 4.78 is 0. The number of aromatic nitrogens is 1. The van der Waals surface area contributed by atoms with Crippen LogP contribution in [0.1, 0.15) is 13.8 Å². The second-order valence-corrected chi connectivity index (χ2v) is 3.30. The summed E-state index contributed by atoms with van der Waals surface area (Å²) in [6, 6.07) is 4.62. The highest BCUT2D eigenvalue weighted by molar-refractivity contribution is 5.42. The van der Waals surface area contributed by atoms with E-state index in [2.05, 4.69) is 22.2 Å². The van der Waals surface area contributed by atoms with Crippen LogP contribution in [-0.4, -0.2) is 36.1 Å². The van der Waals surface area contributed by atoms with Crippen molar-refractivity contribution in [2.24, 2.45) is 0 Å². The highest BCUT2D eigenvalue weighted by Gasteiger charge is 2.22. The lowest BCUT2D eigenvalue weighted by molar-refractivity contribution is 0.205. The van der Waals surface area contributed by atoms with Crippen LogP contribution in [0.25, 0.3) is 0 Å². The van der Waals surface area contributed by atoms with Crippen molar-refractivity contribution in [2.75, 3.05) is 25.5 Å². The van der Waals surface area contributed by atoms with Gasteiger partial charge in [-0.2, -0.15) is 0 Å². The maximum Gasteiger partial charge on any atom is 0.0515 e. The fourth-order valence-corrected chi connectivity index (χ4v) is 1.47. The molecule has 1 N–H and O–H groups in total. The summed E-state index contributed by atoms with van der Waals surface area (Å²) >= 11 is 0. The van der Waals surface area contributed by atoms with Gasteiger partial charge in [-0.05, 0) is 19.2 Å². The highest BCUT2D eigenvalue weighted by atomic mass is 15.2. The van der Waals surface area contributed by atoms with Gasteiger partial charge in [0.2, 0.25) is 0 Å². The topological polar surface area (TPSA) is 28.2 Å². The predicted octanol–water partition coefficient (Wildman–Crippen LogP) is 1.83. The molecule has 1 aromatic rings. The lowest BCUT2D eigenvalue weighted by atomic mass is 10.1. The van der Waals surface area contributed by atoms with Crippen LogP contribution in [0.15, 0.2) is 24.5 Å². The van der Waals surface area contributed by atoms with Crippen molar-refractivity contribution in [3.8, 4) is 0 Å². The molecule has 0 saturated carbocycles. The summed E-state index contributed by atoms with van der Waals surface area (Å²) in [5.74, 6) is 0. The molecule has 0 amide bonds. The van der Waals surface area contributed by atoms with Crippen molar-refractivity contribution in [3.63, 3.8) is 0 Å². The molecule has 0 atom stereocenters. The van der Waals surface area contributed by atoms with Crippen molar-refractivity contribution in [2.45, 2.75) is 19.9 Å². The molecule has 0 bridgehead atoms. The SMILES string of the molecule is CC.CN1CC(Nc2ccncc2)C1. The minimum Gasteiger partial charge on any atom is -0.380 e. The highest BCUT2D eigenvalue weighted by Crippen LogP contribution is 2.11. The van der Waals surface area contributed by atoms with Gasteiger partial charge >= 0.3 is 0 Å². The second-order valence-electron chi connectivity index (χ2n) is 3.30. The molecule has 14 heavy (non-hydrogen) atoms. The number of hydrogen-bond acceptors (Lipinski definition) is 3. The fourth-order valence-electron chi connectivity index (χ4n) is 1.47. The Morgan fingerprint density at radius 2 is 1.86 bits per heavy atom. The smallest absolute Gasteiger partial charge is 0.0515 e. The average molecular weight is 193 g/mol. The lowest BCUT2D eigenvalue weighted by Crippen LogP contribution is -2.52. The Morgan fingerprint density at radius 1 is 1.29 bits per heavy atom. The van der Waals surface area contributed by atoms with E-state index in [0.29, 0.717) is 6.04 Å². The van der Waals surface area contributed by atoms with E-state index in [1.54, 1.807) is 0 Å². The molecule has 0 radical (unpaired) electrons. The first-order chi connectivity index (χ1) is 6.84. The van der Waals surface area contributed by atoms with E-state index in [-0.39, 0.29) is 0 Å². The number of hydrogen-bond donors (Lipinski definition) is 1. The van der Waals surface area contributed by atoms with Crippen LogP contribution in [0.2, 0.25) is 0 Å². The Bertz CT molecular complexity index is 242. The number of anilines is 1. The van der Waals surface area contributed by atoms with Gasteiger partial charge in [0.1, 0.15) is 0 Å². The Labute approximate surface area is 86.2 Å². The summed E-state index contributed by atoms with van der Waals surface area (Å²) in [6.45, 7) is 6.28. The summed E-state index contributed by atoms with van der Waals surface area (Å²) in [7, 11) is 2.13. The average Bonchev–Trinajstić information content (AvgIpc) is 2.20. The molecule has 2 rings (SSSR count). The van der Waals surface area contributed by atoms with Gasteiger partial charge in [-0.1, -0.05) is 13.8 Å². The van der Waals surface area contributed by atoms with Crippen LogP contribution in [-0.2, 0) is 0 Å². The van der Waals surface area contributed by atoms with E-state index in [1.165, 1.54) is 5.69 Å². The lowest BCUT2D eigenvalue weighted by Gasteiger charge is -2.37. The molecule has 1 aromatic heterocycles. The molecule has 0 spiro atoms. The van der Waals surface area contributed by atoms with Crippen LogP contribution in [0.4, 0.5) is 5.69 Å². The predicted molar refractivity (Wildman–Crippen MR) is 60.5 cm³/mol. The summed E-state index contributed by atoms with van der Waals surface area (Å²) in [6.07, 6.45) is 3.62. The molecule has 0 aliphatic carbocycles. The standard InChI is InChI=1S/C9H13N3.C2H6/c1-12-6-9(7-12)11-8-2-4-10-5-3-8;1-2/h2-5,9H,6-7H2,1H3,(H,10,11);1-2H3. The van der Waals surface area contributed by atoms with Crippen LogP contribution in [0.5, 0.6) is 0 Å².